The molecular formula is C43H48N2O4. The molecule has 5 aromatic carbocycles. The van der Waals surface area contributed by atoms with E-state index >= 15 is 0 Å². The molecule has 6 heteroatoms. The molecule has 1 unspecified atom stereocenters. The fourth-order valence-corrected chi connectivity index (χ4v) is 8.56. The Morgan fingerprint density at radius 1 is 0.429 bits per heavy atom. The first kappa shape index (κ1) is 33.2. The highest BCUT2D eigenvalue weighted by molar-refractivity contribution is 6.41. The van der Waals surface area contributed by atoms with Crippen LogP contribution in [0.25, 0.3) is 43.1 Å². The number of imide groups is 2. The fourth-order valence-electron chi connectivity index (χ4n) is 8.56. The molecule has 0 aliphatic carbocycles. The van der Waals surface area contributed by atoms with Crippen LogP contribution in [0.2, 0.25) is 0 Å². The van der Waals surface area contributed by atoms with E-state index in [-0.39, 0.29) is 23.6 Å². The molecule has 0 aromatic heterocycles. The van der Waals surface area contributed by atoms with Gasteiger partial charge in [0.25, 0.3) is 23.6 Å². The number of rotatable bonds is 16. The van der Waals surface area contributed by atoms with Crippen molar-refractivity contribution in [2.45, 2.75) is 104 Å². The summed E-state index contributed by atoms with van der Waals surface area (Å²) in [4.78, 5) is 58.7. The Kier molecular flexibility index (Phi) is 9.41. The van der Waals surface area contributed by atoms with Crippen molar-refractivity contribution in [1.29, 1.82) is 0 Å². The van der Waals surface area contributed by atoms with Crippen molar-refractivity contribution >= 4 is 66.7 Å². The van der Waals surface area contributed by atoms with E-state index in [4.69, 9.17) is 0 Å². The molecule has 0 bridgehead atoms. The Morgan fingerprint density at radius 3 is 1.24 bits per heavy atom. The maximum Gasteiger partial charge on any atom is 0.261 e. The van der Waals surface area contributed by atoms with Gasteiger partial charge in [-0.15, -0.1) is 0 Å². The molecule has 254 valence electrons. The Bertz CT molecular complexity index is 1980. The molecule has 0 fully saturated rings. The van der Waals surface area contributed by atoms with E-state index in [1.807, 2.05) is 48.5 Å². The first-order valence-corrected chi connectivity index (χ1v) is 18.8. The van der Waals surface area contributed by atoms with Crippen molar-refractivity contribution in [2.75, 3.05) is 13.1 Å². The van der Waals surface area contributed by atoms with Gasteiger partial charge < -0.3 is 0 Å². The molecule has 6 nitrogen and oxygen atoms in total. The third-order valence-corrected chi connectivity index (χ3v) is 11.2. The number of hydrogen-bond acceptors (Lipinski definition) is 4. The van der Waals surface area contributed by atoms with Gasteiger partial charge in [0.1, 0.15) is 0 Å². The third-order valence-electron chi connectivity index (χ3n) is 11.2. The number of benzene rings is 5. The minimum absolute atomic E-state index is 0.205. The van der Waals surface area contributed by atoms with E-state index in [2.05, 4.69) is 20.8 Å². The summed E-state index contributed by atoms with van der Waals surface area (Å²) in [5.74, 6) is -0.585. The standard InChI is InChI=1S/C43H48N2O4/c1-4-7-10-11-13-16-27(15-12-8-5-2)26-45-42(48)34-23-19-30-28-17-21-32-38-33(41(47)44(40(32)46)25-14-9-6-3)22-18-29(36(28)38)31-20-24-35(43(45)49)39(34)37(30)31/h17-24,27H,4-16,25-26H2,1-3H3. The Labute approximate surface area is 289 Å². The van der Waals surface area contributed by atoms with Crippen molar-refractivity contribution in [2.24, 2.45) is 5.92 Å². The number of carbonyl (C=O) groups excluding carboxylic acids is 4. The molecule has 0 N–H and O–H groups in total. The van der Waals surface area contributed by atoms with E-state index < -0.39 is 0 Å². The number of hydrogen-bond donors (Lipinski definition) is 0. The first-order chi connectivity index (χ1) is 23.9. The largest absolute Gasteiger partial charge is 0.274 e. The van der Waals surface area contributed by atoms with Crippen LogP contribution in [-0.2, 0) is 0 Å². The van der Waals surface area contributed by atoms with Gasteiger partial charge in [0, 0.05) is 46.1 Å². The number of nitrogens with zero attached hydrogens (tertiary/aromatic N) is 2. The fraction of sp³-hybridized carbons (Fsp3) is 0.442. The number of carbonyl (C=O) groups is 4. The highest BCUT2D eigenvalue weighted by atomic mass is 16.2. The van der Waals surface area contributed by atoms with Crippen LogP contribution in [-0.4, -0.2) is 46.5 Å². The normalized spacial score (nSPS) is 15.2. The van der Waals surface area contributed by atoms with E-state index in [9.17, 15) is 19.2 Å². The molecule has 1 atom stereocenters. The molecule has 7 rings (SSSR count). The predicted molar refractivity (Wildman–Crippen MR) is 199 cm³/mol. The summed E-state index contributed by atoms with van der Waals surface area (Å²) < 4.78 is 0. The highest BCUT2D eigenvalue weighted by Gasteiger charge is 2.37. The molecule has 2 aliphatic heterocycles. The van der Waals surface area contributed by atoms with Gasteiger partial charge in [-0.1, -0.05) is 109 Å². The minimum Gasteiger partial charge on any atom is -0.274 e. The zero-order chi connectivity index (χ0) is 34.2. The summed E-state index contributed by atoms with van der Waals surface area (Å²) in [6.07, 6.45) is 14.3. The van der Waals surface area contributed by atoms with Crippen LogP contribution in [0.4, 0.5) is 0 Å². The van der Waals surface area contributed by atoms with Gasteiger partial charge in [0.05, 0.1) is 0 Å². The maximum absolute atomic E-state index is 14.2. The first-order valence-electron chi connectivity index (χ1n) is 18.8. The topological polar surface area (TPSA) is 74.8 Å². The van der Waals surface area contributed by atoms with E-state index in [1.165, 1.54) is 41.9 Å². The van der Waals surface area contributed by atoms with E-state index in [0.717, 1.165) is 89.1 Å². The van der Waals surface area contributed by atoms with Crippen LogP contribution in [0.3, 0.4) is 0 Å². The summed E-state index contributed by atoms with van der Waals surface area (Å²) in [5.41, 5.74) is 2.27. The molecule has 4 amide bonds. The summed E-state index contributed by atoms with van der Waals surface area (Å²) in [6, 6.07) is 15.4. The predicted octanol–water partition coefficient (Wildman–Crippen LogP) is 10.7. The molecule has 0 saturated carbocycles. The zero-order valence-corrected chi connectivity index (χ0v) is 29.3. The number of unbranched alkanes of at least 4 members (excludes halogenated alkanes) is 8. The van der Waals surface area contributed by atoms with E-state index in [1.54, 1.807) is 0 Å². The van der Waals surface area contributed by atoms with Crippen molar-refractivity contribution in [1.82, 2.24) is 9.80 Å². The average Bonchev–Trinajstić information content (AvgIpc) is 3.11. The zero-order valence-electron chi connectivity index (χ0n) is 29.3. The molecular weight excluding hydrogens is 608 g/mol. The van der Waals surface area contributed by atoms with Crippen molar-refractivity contribution in [3.05, 3.63) is 70.8 Å². The van der Waals surface area contributed by atoms with Gasteiger partial charge in [-0.2, -0.15) is 0 Å². The molecule has 49 heavy (non-hydrogen) atoms. The van der Waals surface area contributed by atoms with Crippen molar-refractivity contribution in [3.63, 3.8) is 0 Å². The van der Waals surface area contributed by atoms with Crippen molar-refractivity contribution < 1.29 is 19.2 Å². The lowest BCUT2D eigenvalue weighted by atomic mass is 9.82. The molecule has 2 aliphatic rings. The summed E-state index contributed by atoms with van der Waals surface area (Å²) in [5, 5.41) is 6.92. The molecule has 0 radical (unpaired) electrons. The van der Waals surface area contributed by atoms with Gasteiger partial charge >= 0.3 is 0 Å². The quantitative estimate of drug-likeness (QED) is 0.0458. The summed E-state index contributed by atoms with van der Waals surface area (Å²) in [7, 11) is 0. The van der Waals surface area contributed by atoms with Crippen LogP contribution < -0.4 is 0 Å². The average molecular weight is 657 g/mol. The lowest BCUT2D eigenvalue weighted by Crippen LogP contribution is -2.43. The van der Waals surface area contributed by atoms with Crippen LogP contribution in [0.1, 0.15) is 146 Å². The highest BCUT2D eigenvalue weighted by Crippen LogP contribution is 2.46. The lowest BCUT2D eigenvalue weighted by molar-refractivity contribution is 0.0571. The second-order valence-electron chi connectivity index (χ2n) is 14.4. The second-order valence-corrected chi connectivity index (χ2v) is 14.4. The minimum atomic E-state index is -0.237. The Balaban J connectivity index is 1.29. The van der Waals surface area contributed by atoms with Crippen LogP contribution in [0, 0.1) is 5.92 Å². The SMILES string of the molecule is CCCCCCCC(CCCCC)CN1C(=O)c2ccc3c4ccc5c6c(ccc(c7ccc(c2c37)C1=O)c64)C(=O)N(CCCCC)C5=O. The summed E-state index contributed by atoms with van der Waals surface area (Å²) >= 11 is 0. The third kappa shape index (κ3) is 5.57. The Hall–Kier alpha value is -4.32. The van der Waals surface area contributed by atoms with Gasteiger partial charge in [-0.05, 0) is 81.8 Å². The Morgan fingerprint density at radius 2 is 0.796 bits per heavy atom. The van der Waals surface area contributed by atoms with Crippen LogP contribution >= 0.6 is 0 Å². The second kappa shape index (κ2) is 13.9. The summed E-state index contributed by atoms with van der Waals surface area (Å²) in [6.45, 7) is 7.42. The van der Waals surface area contributed by atoms with Gasteiger partial charge in [0.15, 0.2) is 0 Å². The number of fused-ring (bicyclic) bond motifs is 2. The number of amides is 4. The van der Waals surface area contributed by atoms with Crippen molar-refractivity contribution in [3.8, 4) is 0 Å². The van der Waals surface area contributed by atoms with E-state index in [0.29, 0.717) is 46.6 Å². The van der Waals surface area contributed by atoms with Crippen LogP contribution in [0.5, 0.6) is 0 Å². The molecule has 2 heterocycles. The molecule has 0 spiro atoms. The molecule has 0 saturated heterocycles. The maximum atomic E-state index is 14.2. The monoisotopic (exact) mass is 656 g/mol. The van der Waals surface area contributed by atoms with Gasteiger partial charge in [-0.25, -0.2) is 0 Å². The van der Waals surface area contributed by atoms with Gasteiger partial charge in [-0.3, -0.25) is 29.0 Å². The van der Waals surface area contributed by atoms with Gasteiger partial charge in [0.2, 0.25) is 0 Å². The smallest absolute Gasteiger partial charge is 0.261 e. The van der Waals surface area contributed by atoms with Crippen LogP contribution in [0.15, 0.2) is 48.5 Å². The molecule has 5 aromatic rings. The lowest BCUT2D eigenvalue weighted by Gasteiger charge is -2.32.